The van der Waals surface area contributed by atoms with Gasteiger partial charge in [-0.05, 0) is 41.9 Å². The molecule has 0 nitrogen and oxygen atoms in total. The van der Waals surface area contributed by atoms with Crippen LogP contribution in [0.4, 0.5) is 0 Å². The summed E-state index contributed by atoms with van der Waals surface area (Å²) in [6.45, 7) is 14.8. The summed E-state index contributed by atoms with van der Waals surface area (Å²) >= 11 is 0. The summed E-state index contributed by atoms with van der Waals surface area (Å²) < 4.78 is 0. The maximum absolute atomic E-state index is 2.58. The van der Waals surface area contributed by atoms with Crippen molar-refractivity contribution < 1.29 is 0 Å². The highest BCUT2D eigenvalue weighted by molar-refractivity contribution is 4.75. The Morgan fingerprint density at radius 2 is 1.46 bits per heavy atom. The van der Waals surface area contributed by atoms with Gasteiger partial charge in [0.2, 0.25) is 0 Å². The van der Waals surface area contributed by atoms with Crippen molar-refractivity contribution in [1.82, 2.24) is 0 Å². The van der Waals surface area contributed by atoms with Gasteiger partial charge in [0, 0.05) is 0 Å². The Labute approximate surface area is 167 Å². The molecule has 0 N–H and O–H groups in total. The van der Waals surface area contributed by atoms with E-state index in [1.54, 1.807) is 0 Å². The SMILES string of the molecule is CCCCCC(CCC)C(C)CCC(C)C1CCCC(C)CCC(C)C1. The second-order valence-corrected chi connectivity index (χ2v) is 10.3. The van der Waals surface area contributed by atoms with Gasteiger partial charge in [0.1, 0.15) is 0 Å². The molecule has 1 fully saturated rings. The summed E-state index contributed by atoms with van der Waals surface area (Å²) in [4.78, 5) is 0. The minimum absolute atomic E-state index is 0.933. The van der Waals surface area contributed by atoms with E-state index in [4.69, 9.17) is 0 Å². The second kappa shape index (κ2) is 14.1. The lowest BCUT2D eigenvalue weighted by Crippen LogP contribution is -2.18. The molecule has 6 unspecified atom stereocenters. The molecule has 1 saturated carbocycles. The highest BCUT2D eigenvalue weighted by atomic mass is 14.3. The van der Waals surface area contributed by atoms with Crippen molar-refractivity contribution in [3.05, 3.63) is 0 Å². The molecule has 0 saturated heterocycles. The molecule has 1 aliphatic rings. The van der Waals surface area contributed by atoms with E-state index in [0.717, 1.165) is 35.5 Å². The Morgan fingerprint density at radius 1 is 0.731 bits per heavy atom. The first-order valence-electron chi connectivity index (χ1n) is 12.5. The molecule has 156 valence electrons. The molecule has 6 atom stereocenters. The van der Waals surface area contributed by atoms with E-state index >= 15 is 0 Å². The van der Waals surface area contributed by atoms with Gasteiger partial charge in [-0.2, -0.15) is 0 Å². The number of unbranched alkanes of at least 4 members (excludes halogenated alkanes) is 2. The minimum Gasteiger partial charge on any atom is -0.0654 e. The molecular weight excluding hydrogens is 312 g/mol. The lowest BCUT2D eigenvalue weighted by atomic mass is 9.77. The summed E-state index contributed by atoms with van der Waals surface area (Å²) in [6, 6.07) is 0. The van der Waals surface area contributed by atoms with Crippen LogP contribution in [0.3, 0.4) is 0 Å². The molecule has 1 aliphatic carbocycles. The first kappa shape index (κ1) is 24.0. The monoisotopic (exact) mass is 364 g/mol. The Balaban J connectivity index is 2.46. The van der Waals surface area contributed by atoms with Gasteiger partial charge in [-0.3, -0.25) is 0 Å². The van der Waals surface area contributed by atoms with Crippen LogP contribution < -0.4 is 0 Å². The molecule has 0 radical (unpaired) electrons. The van der Waals surface area contributed by atoms with E-state index < -0.39 is 0 Å². The van der Waals surface area contributed by atoms with Crippen molar-refractivity contribution in [2.75, 3.05) is 0 Å². The first-order valence-corrected chi connectivity index (χ1v) is 12.5. The van der Waals surface area contributed by atoms with E-state index in [0.29, 0.717) is 0 Å². The van der Waals surface area contributed by atoms with Crippen LogP contribution in [0, 0.1) is 35.5 Å². The fraction of sp³-hybridized carbons (Fsp3) is 1.00. The zero-order valence-corrected chi connectivity index (χ0v) is 19.4. The van der Waals surface area contributed by atoms with Crippen LogP contribution in [0.1, 0.15) is 131 Å². The zero-order valence-electron chi connectivity index (χ0n) is 19.4. The Kier molecular flexibility index (Phi) is 13.0. The van der Waals surface area contributed by atoms with Gasteiger partial charge in [0.15, 0.2) is 0 Å². The van der Waals surface area contributed by atoms with E-state index in [2.05, 4.69) is 41.5 Å². The molecule has 1 rings (SSSR count). The molecule has 0 amide bonds. The third-order valence-corrected chi connectivity index (χ3v) is 7.65. The lowest BCUT2D eigenvalue weighted by Gasteiger charge is -2.29. The van der Waals surface area contributed by atoms with Crippen LogP contribution >= 0.6 is 0 Å². The van der Waals surface area contributed by atoms with Gasteiger partial charge in [0.25, 0.3) is 0 Å². The van der Waals surface area contributed by atoms with Crippen LogP contribution in [-0.4, -0.2) is 0 Å². The van der Waals surface area contributed by atoms with E-state index in [1.165, 1.54) is 89.9 Å². The van der Waals surface area contributed by atoms with Crippen molar-refractivity contribution in [1.29, 1.82) is 0 Å². The predicted molar refractivity (Wildman–Crippen MR) is 120 cm³/mol. The summed E-state index contributed by atoms with van der Waals surface area (Å²) in [5, 5.41) is 0. The average Bonchev–Trinajstić information content (AvgIpc) is 2.70. The van der Waals surface area contributed by atoms with Crippen LogP contribution in [0.2, 0.25) is 0 Å². The molecule has 0 aromatic rings. The average molecular weight is 365 g/mol. The maximum atomic E-state index is 2.58. The highest BCUT2D eigenvalue weighted by Gasteiger charge is 2.24. The number of hydrogen-bond donors (Lipinski definition) is 0. The topological polar surface area (TPSA) is 0 Å². The summed E-state index contributed by atoms with van der Waals surface area (Å²) in [5.41, 5.74) is 0. The van der Waals surface area contributed by atoms with Crippen LogP contribution in [0.5, 0.6) is 0 Å². The van der Waals surface area contributed by atoms with Gasteiger partial charge in [0.05, 0.1) is 0 Å². The Morgan fingerprint density at radius 3 is 2.15 bits per heavy atom. The van der Waals surface area contributed by atoms with Crippen molar-refractivity contribution in [2.45, 2.75) is 131 Å². The number of rotatable bonds is 11. The fourth-order valence-corrected chi connectivity index (χ4v) is 5.45. The lowest BCUT2D eigenvalue weighted by molar-refractivity contribution is 0.220. The van der Waals surface area contributed by atoms with Gasteiger partial charge in [-0.15, -0.1) is 0 Å². The quantitative estimate of drug-likeness (QED) is 0.320. The van der Waals surface area contributed by atoms with E-state index in [1.807, 2.05) is 0 Å². The molecule has 0 bridgehead atoms. The minimum atomic E-state index is 0.933. The molecule has 0 aliphatic heterocycles. The van der Waals surface area contributed by atoms with Gasteiger partial charge in [-0.25, -0.2) is 0 Å². The predicted octanol–water partition coefficient (Wildman–Crippen LogP) is 9.28. The van der Waals surface area contributed by atoms with Crippen molar-refractivity contribution >= 4 is 0 Å². The summed E-state index contributed by atoms with van der Waals surface area (Å²) in [5.74, 6) is 5.76. The normalized spacial score (nSPS) is 28.6. The third-order valence-electron chi connectivity index (χ3n) is 7.65. The van der Waals surface area contributed by atoms with E-state index in [-0.39, 0.29) is 0 Å². The molecule has 0 heterocycles. The smallest absolute Gasteiger partial charge is 0.0386 e. The molecule has 0 aromatic carbocycles. The van der Waals surface area contributed by atoms with Crippen molar-refractivity contribution in [3.8, 4) is 0 Å². The largest absolute Gasteiger partial charge is 0.0654 e. The molecule has 0 spiro atoms. The second-order valence-electron chi connectivity index (χ2n) is 10.3. The van der Waals surface area contributed by atoms with Crippen molar-refractivity contribution in [2.24, 2.45) is 35.5 Å². The highest BCUT2D eigenvalue weighted by Crippen LogP contribution is 2.36. The first-order chi connectivity index (χ1) is 12.5. The van der Waals surface area contributed by atoms with Crippen LogP contribution in [-0.2, 0) is 0 Å². The van der Waals surface area contributed by atoms with Gasteiger partial charge in [-0.1, -0.05) is 125 Å². The summed E-state index contributed by atoms with van der Waals surface area (Å²) in [6.07, 6.45) is 20.4. The maximum Gasteiger partial charge on any atom is -0.0386 e. The van der Waals surface area contributed by atoms with Gasteiger partial charge >= 0.3 is 0 Å². The molecule has 0 aromatic heterocycles. The standard InChI is InChI=1S/C26H52/c1-7-9-10-14-25(12-8-2)23(5)18-19-24(6)26-15-11-13-21(3)16-17-22(4)20-26/h21-26H,7-20H2,1-6H3. The third kappa shape index (κ3) is 9.80. The van der Waals surface area contributed by atoms with Gasteiger partial charge < -0.3 is 0 Å². The summed E-state index contributed by atoms with van der Waals surface area (Å²) in [7, 11) is 0. The fourth-order valence-electron chi connectivity index (χ4n) is 5.45. The Bertz CT molecular complexity index is 320. The zero-order chi connectivity index (χ0) is 19.4. The number of hydrogen-bond acceptors (Lipinski definition) is 0. The van der Waals surface area contributed by atoms with Crippen LogP contribution in [0.15, 0.2) is 0 Å². The molecule has 0 heteroatoms. The van der Waals surface area contributed by atoms with E-state index in [9.17, 15) is 0 Å². The molecular formula is C26H52. The van der Waals surface area contributed by atoms with Crippen LogP contribution in [0.25, 0.3) is 0 Å². The molecule has 26 heavy (non-hydrogen) atoms. The van der Waals surface area contributed by atoms with Crippen molar-refractivity contribution in [3.63, 3.8) is 0 Å². The Hall–Kier alpha value is 0.